The normalized spacial score (nSPS) is 31.3. The summed E-state index contributed by atoms with van der Waals surface area (Å²) in [4.78, 5) is 11.5. The van der Waals surface area contributed by atoms with Crippen molar-refractivity contribution in [1.82, 2.24) is 0 Å². The van der Waals surface area contributed by atoms with Crippen LogP contribution in [0.2, 0.25) is 0 Å². The van der Waals surface area contributed by atoms with Gasteiger partial charge in [0.15, 0.2) is 12.6 Å². The Labute approximate surface area is 131 Å². The van der Waals surface area contributed by atoms with Crippen molar-refractivity contribution >= 4 is 5.97 Å². The smallest absolute Gasteiger partial charge is 0.306 e. The fraction of sp³-hybridized carbons (Fsp3) is 0.611. The highest BCUT2D eigenvalue weighted by atomic mass is 16.9. The lowest BCUT2D eigenvalue weighted by molar-refractivity contribution is -0.408. The zero-order valence-electron chi connectivity index (χ0n) is 13.1. The van der Waals surface area contributed by atoms with Crippen LogP contribution in [0, 0.1) is 11.8 Å². The molecule has 0 N–H and O–H groups in total. The van der Waals surface area contributed by atoms with Crippen molar-refractivity contribution in [3.8, 4) is 0 Å². The first-order valence-corrected chi connectivity index (χ1v) is 8.27. The summed E-state index contributed by atoms with van der Waals surface area (Å²) in [5.74, 6) is 0.852. The Morgan fingerprint density at radius 1 is 1.14 bits per heavy atom. The van der Waals surface area contributed by atoms with Crippen molar-refractivity contribution in [1.29, 1.82) is 0 Å². The molecule has 0 amide bonds. The first-order valence-electron chi connectivity index (χ1n) is 8.27. The maximum absolute atomic E-state index is 11.5. The van der Waals surface area contributed by atoms with E-state index in [-0.39, 0.29) is 18.5 Å². The van der Waals surface area contributed by atoms with Gasteiger partial charge in [0.25, 0.3) is 0 Å². The van der Waals surface area contributed by atoms with E-state index in [9.17, 15) is 4.79 Å². The van der Waals surface area contributed by atoms with E-state index in [0.717, 1.165) is 31.2 Å². The monoisotopic (exact) mass is 304 g/mol. The highest BCUT2D eigenvalue weighted by Gasteiger charge is 2.39. The van der Waals surface area contributed by atoms with Gasteiger partial charge >= 0.3 is 5.97 Å². The summed E-state index contributed by atoms with van der Waals surface area (Å²) < 4.78 is 16.8. The van der Waals surface area contributed by atoms with Gasteiger partial charge in [0.1, 0.15) is 0 Å². The zero-order valence-corrected chi connectivity index (χ0v) is 13.1. The summed E-state index contributed by atoms with van der Waals surface area (Å²) in [6.07, 6.45) is 4.52. The Balaban J connectivity index is 1.39. The second kappa shape index (κ2) is 7.25. The summed E-state index contributed by atoms with van der Waals surface area (Å²) in [7, 11) is 0. The molecule has 1 saturated heterocycles. The summed E-state index contributed by atoms with van der Waals surface area (Å²) in [5.41, 5.74) is 1.08. The Bertz CT molecular complexity index is 473. The predicted molar refractivity (Wildman–Crippen MR) is 81.8 cm³/mol. The molecule has 0 atom stereocenters. The maximum atomic E-state index is 11.5. The average Bonchev–Trinajstić information content (AvgIpc) is 2.49. The Morgan fingerprint density at radius 3 is 2.45 bits per heavy atom. The van der Waals surface area contributed by atoms with Crippen LogP contribution in [0.3, 0.4) is 0 Å². The van der Waals surface area contributed by atoms with E-state index in [4.69, 9.17) is 14.2 Å². The van der Waals surface area contributed by atoms with Gasteiger partial charge in [-0.15, -0.1) is 0 Å². The first kappa shape index (κ1) is 15.5. The lowest BCUT2D eigenvalue weighted by atomic mass is 9.80. The Kier molecular flexibility index (Phi) is 5.11. The van der Waals surface area contributed by atoms with Gasteiger partial charge in [-0.05, 0) is 38.5 Å². The van der Waals surface area contributed by atoms with E-state index < -0.39 is 0 Å². The zero-order chi connectivity index (χ0) is 15.4. The number of carbonyl (C=O) groups excluding carboxylic acids is 1. The molecule has 0 radical (unpaired) electrons. The van der Waals surface area contributed by atoms with Crippen LogP contribution in [0.25, 0.3) is 0 Å². The molecular weight excluding hydrogens is 280 g/mol. The van der Waals surface area contributed by atoms with Crippen LogP contribution in [0.5, 0.6) is 0 Å². The van der Waals surface area contributed by atoms with Crippen molar-refractivity contribution in [3.05, 3.63) is 35.9 Å². The molecule has 1 heterocycles. The lowest BCUT2D eigenvalue weighted by Crippen LogP contribution is -2.41. The number of esters is 1. The molecule has 3 rings (SSSR count). The molecule has 0 aromatic heterocycles. The van der Waals surface area contributed by atoms with Crippen LogP contribution in [0.1, 0.15) is 50.9 Å². The number of hydrogen-bond donors (Lipinski definition) is 0. The third kappa shape index (κ3) is 3.68. The van der Waals surface area contributed by atoms with Crippen LogP contribution in [-0.2, 0) is 19.0 Å². The second-order valence-corrected chi connectivity index (χ2v) is 6.17. The summed E-state index contributed by atoms with van der Waals surface area (Å²) in [6.45, 7) is 2.32. The predicted octanol–water partition coefficient (Wildman–Crippen LogP) is 3.82. The van der Waals surface area contributed by atoms with Crippen molar-refractivity contribution in [2.75, 3.05) is 6.61 Å². The van der Waals surface area contributed by atoms with Gasteiger partial charge in [0.05, 0.1) is 6.61 Å². The average molecular weight is 304 g/mol. The van der Waals surface area contributed by atoms with E-state index in [0.29, 0.717) is 24.9 Å². The third-order valence-corrected chi connectivity index (χ3v) is 4.62. The minimum atomic E-state index is -0.205. The standard InChI is InChI=1S/C18H24O4/c1-2-20-16(19)12-13-8-10-15(11-9-13)18-21-17(22-18)14-6-4-3-5-7-14/h3-7,13,15,17-18H,2,8-12H2,1H3/t13-,15-,17?,18?. The molecule has 1 aromatic rings. The summed E-state index contributed by atoms with van der Waals surface area (Å²) >= 11 is 0. The van der Waals surface area contributed by atoms with Crippen molar-refractivity contribution in [2.24, 2.45) is 11.8 Å². The van der Waals surface area contributed by atoms with E-state index in [1.165, 1.54) is 0 Å². The molecule has 1 aliphatic carbocycles. The van der Waals surface area contributed by atoms with Gasteiger partial charge < -0.3 is 14.2 Å². The van der Waals surface area contributed by atoms with E-state index in [1.807, 2.05) is 37.3 Å². The molecule has 0 unspecified atom stereocenters. The van der Waals surface area contributed by atoms with Gasteiger partial charge in [0.2, 0.25) is 0 Å². The second-order valence-electron chi connectivity index (χ2n) is 6.17. The molecule has 0 bridgehead atoms. The molecule has 1 aromatic carbocycles. The van der Waals surface area contributed by atoms with Gasteiger partial charge in [-0.1, -0.05) is 30.3 Å². The maximum Gasteiger partial charge on any atom is 0.306 e. The largest absolute Gasteiger partial charge is 0.466 e. The van der Waals surface area contributed by atoms with Gasteiger partial charge in [0, 0.05) is 17.9 Å². The SMILES string of the molecule is CCOC(=O)C[C@H]1CC[C@H](C2OC(c3ccccc3)O2)CC1. The van der Waals surface area contributed by atoms with Gasteiger partial charge in [-0.3, -0.25) is 4.79 Å². The molecule has 22 heavy (non-hydrogen) atoms. The van der Waals surface area contributed by atoms with Crippen LogP contribution >= 0.6 is 0 Å². The number of hydrogen-bond acceptors (Lipinski definition) is 4. The Hall–Kier alpha value is -1.39. The minimum Gasteiger partial charge on any atom is -0.466 e. The van der Waals surface area contributed by atoms with Gasteiger partial charge in [-0.2, -0.15) is 0 Å². The molecule has 1 aliphatic heterocycles. The minimum absolute atomic E-state index is 0.0637. The van der Waals surface area contributed by atoms with Crippen molar-refractivity contribution in [3.63, 3.8) is 0 Å². The number of carbonyl (C=O) groups is 1. The van der Waals surface area contributed by atoms with Gasteiger partial charge in [-0.25, -0.2) is 0 Å². The quantitative estimate of drug-likeness (QED) is 0.776. The fourth-order valence-electron chi connectivity index (χ4n) is 3.36. The molecule has 4 nitrogen and oxygen atoms in total. The number of benzene rings is 1. The number of ether oxygens (including phenoxy) is 3. The fourth-order valence-corrected chi connectivity index (χ4v) is 3.36. The molecule has 2 aliphatic rings. The molecule has 120 valence electrons. The first-order chi connectivity index (χ1) is 10.8. The molecule has 0 spiro atoms. The Morgan fingerprint density at radius 2 is 1.82 bits per heavy atom. The molecular formula is C18H24O4. The molecule has 1 saturated carbocycles. The highest BCUT2D eigenvalue weighted by molar-refractivity contribution is 5.69. The van der Waals surface area contributed by atoms with E-state index >= 15 is 0 Å². The number of rotatable bonds is 5. The van der Waals surface area contributed by atoms with Crippen molar-refractivity contribution in [2.45, 2.75) is 51.6 Å². The molecule has 2 fully saturated rings. The van der Waals surface area contributed by atoms with E-state index in [2.05, 4.69) is 0 Å². The highest BCUT2D eigenvalue weighted by Crippen LogP contribution is 2.42. The molecule has 4 heteroatoms. The van der Waals surface area contributed by atoms with Crippen LogP contribution < -0.4 is 0 Å². The van der Waals surface area contributed by atoms with E-state index in [1.54, 1.807) is 0 Å². The third-order valence-electron chi connectivity index (χ3n) is 4.62. The summed E-state index contributed by atoms with van der Waals surface area (Å²) in [5, 5.41) is 0. The topological polar surface area (TPSA) is 44.8 Å². The van der Waals surface area contributed by atoms with Crippen molar-refractivity contribution < 1.29 is 19.0 Å². The van der Waals surface area contributed by atoms with Crippen LogP contribution in [-0.4, -0.2) is 18.9 Å². The van der Waals surface area contributed by atoms with Crippen LogP contribution in [0.15, 0.2) is 30.3 Å². The van der Waals surface area contributed by atoms with Crippen LogP contribution in [0.4, 0.5) is 0 Å². The summed E-state index contributed by atoms with van der Waals surface area (Å²) in [6, 6.07) is 10.0. The lowest BCUT2D eigenvalue weighted by Gasteiger charge is -2.43.